The van der Waals surface area contributed by atoms with E-state index >= 15 is 0 Å². The second-order valence-corrected chi connectivity index (χ2v) is 4.85. The molecule has 0 fully saturated rings. The fourth-order valence-electron chi connectivity index (χ4n) is 1.88. The number of rotatable bonds is 5. The number of aryl methyl sites for hydroxylation is 1. The van der Waals surface area contributed by atoms with Crippen molar-refractivity contribution in [3.63, 3.8) is 0 Å². The number of ether oxygens (including phenoxy) is 1. The number of amides is 1. The maximum absolute atomic E-state index is 11.8. The zero-order chi connectivity index (χ0) is 13.7. The molecule has 0 saturated heterocycles. The van der Waals surface area contributed by atoms with E-state index < -0.39 is 0 Å². The molecule has 1 amide bonds. The number of hydrogen-bond acceptors (Lipinski definition) is 2. The first-order valence-corrected chi connectivity index (χ1v) is 6.44. The molecule has 0 aromatic heterocycles. The Labute approximate surface area is 110 Å². The van der Waals surface area contributed by atoms with Gasteiger partial charge in [-0.1, -0.05) is 32.9 Å². The Morgan fingerprint density at radius 2 is 2.06 bits per heavy atom. The Kier molecular flexibility index (Phi) is 5.20. The lowest BCUT2D eigenvalue weighted by Gasteiger charge is -2.20. The molecule has 0 aliphatic rings. The monoisotopic (exact) mass is 249 g/mol. The molecule has 0 bridgehead atoms. The molecule has 18 heavy (non-hydrogen) atoms. The number of nitrogens with one attached hydrogen (secondary N) is 1. The molecule has 100 valence electrons. The summed E-state index contributed by atoms with van der Waals surface area (Å²) >= 11 is 0. The highest BCUT2D eigenvalue weighted by atomic mass is 16.5. The van der Waals surface area contributed by atoms with Crippen LogP contribution in [0.3, 0.4) is 0 Å². The van der Waals surface area contributed by atoms with Gasteiger partial charge in [0, 0.05) is 5.92 Å². The first-order chi connectivity index (χ1) is 8.49. The van der Waals surface area contributed by atoms with Crippen LogP contribution < -0.4 is 10.1 Å². The highest BCUT2D eigenvalue weighted by molar-refractivity contribution is 5.78. The van der Waals surface area contributed by atoms with Gasteiger partial charge in [-0.25, -0.2) is 0 Å². The van der Waals surface area contributed by atoms with Crippen molar-refractivity contribution in [2.24, 2.45) is 5.92 Å². The quantitative estimate of drug-likeness (QED) is 0.870. The van der Waals surface area contributed by atoms with Gasteiger partial charge in [0.05, 0.1) is 13.2 Å². The van der Waals surface area contributed by atoms with Crippen LogP contribution in [0.2, 0.25) is 0 Å². The van der Waals surface area contributed by atoms with Crippen LogP contribution in [0.5, 0.6) is 5.75 Å². The lowest BCUT2D eigenvalue weighted by Crippen LogP contribution is -2.31. The topological polar surface area (TPSA) is 38.3 Å². The largest absolute Gasteiger partial charge is 0.496 e. The van der Waals surface area contributed by atoms with Gasteiger partial charge in [0.25, 0.3) is 0 Å². The summed E-state index contributed by atoms with van der Waals surface area (Å²) in [5.41, 5.74) is 2.22. The highest BCUT2D eigenvalue weighted by Crippen LogP contribution is 2.24. The maximum atomic E-state index is 11.8. The molecule has 0 heterocycles. The van der Waals surface area contributed by atoms with Gasteiger partial charge >= 0.3 is 0 Å². The van der Waals surface area contributed by atoms with Gasteiger partial charge in [-0.2, -0.15) is 0 Å². The lowest BCUT2D eigenvalue weighted by atomic mass is 10.0. The van der Waals surface area contributed by atoms with Crippen LogP contribution in [-0.4, -0.2) is 13.0 Å². The molecule has 1 rings (SSSR count). The Bertz CT molecular complexity index is 413. The Hall–Kier alpha value is -1.51. The van der Waals surface area contributed by atoms with E-state index in [1.165, 1.54) is 0 Å². The molecule has 0 saturated carbocycles. The van der Waals surface area contributed by atoms with Crippen LogP contribution in [0.4, 0.5) is 0 Å². The van der Waals surface area contributed by atoms with E-state index in [0.29, 0.717) is 0 Å². The van der Waals surface area contributed by atoms with Gasteiger partial charge in [0.15, 0.2) is 0 Å². The van der Waals surface area contributed by atoms with Gasteiger partial charge in [0.2, 0.25) is 5.91 Å². The fraction of sp³-hybridized carbons (Fsp3) is 0.533. The van der Waals surface area contributed by atoms with Crippen molar-refractivity contribution in [2.45, 2.75) is 40.2 Å². The molecule has 0 spiro atoms. The molecule has 1 aromatic carbocycles. The van der Waals surface area contributed by atoms with Crippen molar-refractivity contribution in [3.05, 3.63) is 29.3 Å². The maximum Gasteiger partial charge on any atom is 0.223 e. The second kappa shape index (κ2) is 6.43. The summed E-state index contributed by atoms with van der Waals surface area (Å²) in [6, 6.07) is 6.12. The predicted octanol–water partition coefficient (Wildman–Crippen LogP) is 3.23. The average Bonchev–Trinajstić information content (AvgIpc) is 2.35. The van der Waals surface area contributed by atoms with Crippen LogP contribution in [0.1, 0.15) is 44.4 Å². The minimum absolute atomic E-state index is 0.0124. The van der Waals surface area contributed by atoms with E-state index in [2.05, 4.69) is 18.3 Å². The van der Waals surface area contributed by atoms with E-state index in [1.807, 2.05) is 32.9 Å². The summed E-state index contributed by atoms with van der Waals surface area (Å²) in [6.07, 6.45) is 0.879. The zero-order valence-corrected chi connectivity index (χ0v) is 11.9. The first-order valence-electron chi connectivity index (χ1n) is 6.44. The third-order valence-corrected chi connectivity index (χ3v) is 3.07. The standard InChI is InChI=1S/C15H23NO2/c1-6-13(16-15(17)10(2)3)12-7-8-14(18-5)11(4)9-12/h7-10,13H,6H2,1-5H3,(H,16,17)/t13-/m0/s1. The van der Waals surface area contributed by atoms with Crippen molar-refractivity contribution in [2.75, 3.05) is 7.11 Å². The molecule has 1 aromatic rings. The number of hydrogen-bond donors (Lipinski definition) is 1. The van der Waals surface area contributed by atoms with E-state index in [9.17, 15) is 4.79 Å². The molecule has 0 aliphatic carbocycles. The van der Waals surface area contributed by atoms with Crippen LogP contribution in [0.25, 0.3) is 0 Å². The van der Waals surface area contributed by atoms with E-state index in [4.69, 9.17) is 4.74 Å². The van der Waals surface area contributed by atoms with E-state index in [0.717, 1.165) is 23.3 Å². The summed E-state index contributed by atoms with van der Waals surface area (Å²) in [6.45, 7) is 7.90. The molecule has 0 unspecified atom stereocenters. The van der Waals surface area contributed by atoms with Gasteiger partial charge in [0.1, 0.15) is 5.75 Å². The summed E-state index contributed by atoms with van der Waals surface area (Å²) in [5, 5.41) is 3.07. The summed E-state index contributed by atoms with van der Waals surface area (Å²) in [5.74, 6) is 0.984. The second-order valence-electron chi connectivity index (χ2n) is 4.85. The van der Waals surface area contributed by atoms with Crippen LogP contribution in [0, 0.1) is 12.8 Å². The normalized spacial score (nSPS) is 12.3. The Morgan fingerprint density at radius 3 is 2.50 bits per heavy atom. The van der Waals surface area contributed by atoms with Gasteiger partial charge < -0.3 is 10.1 Å². The molecular weight excluding hydrogens is 226 g/mol. The summed E-state index contributed by atoms with van der Waals surface area (Å²) in [4.78, 5) is 11.8. The molecule has 1 N–H and O–H groups in total. The van der Waals surface area contributed by atoms with Crippen LogP contribution >= 0.6 is 0 Å². The average molecular weight is 249 g/mol. The van der Waals surface area contributed by atoms with Crippen molar-refractivity contribution in [1.29, 1.82) is 0 Å². The number of methoxy groups -OCH3 is 1. The van der Waals surface area contributed by atoms with Gasteiger partial charge in [-0.3, -0.25) is 4.79 Å². The molecule has 0 aliphatic heterocycles. The SMILES string of the molecule is CC[C@H](NC(=O)C(C)C)c1ccc(OC)c(C)c1. The molecule has 3 nitrogen and oxygen atoms in total. The fourth-order valence-corrected chi connectivity index (χ4v) is 1.88. The molecular formula is C15H23NO2. The van der Waals surface area contributed by atoms with Gasteiger partial charge in [-0.05, 0) is 30.5 Å². The zero-order valence-electron chi connectivity index (χ0n) is 11.9. The number of carbonyl (C=O) groups is 1. The van der Waals surface area contributed by atoms with Crippen molar-refractivity contribution >= 4 is 5.91 Å². The third-order valence-electron chi connectivity index (χ3n) is 3.07. The smallest absolute Gasteiger partial charge is 0.223 e. The lowest BCUT2D eigenvalue weighted by molar-refractivity contribution is -0.124. The molecule has 1 atom stereocenters. The predicted molar refractivity (Wildman–Crippen MR) is 73.7 cm³/mol. The third kappa shape index (κ3) is 3.49. The Balaban J connectivity index is 2.88. The minimum atomic E-state index is 0.0124. The molecule has 0 radical (unpaired) electrons. The molecule has 3 heteroatoms. The van der Waals surface area contributed by atoms with E-state index in [1.54, 1.807) is 7.11 Å². The van der Waals surface area contributed by atoms with Crippen LogP contribution in [-0.2, 0) is 4.79 Å². The summed E-state index contributed by atoms with van der Waals surface area (Å²) in [7, 11) is 1.67. The Morgan fingerprint density at radius 1 is 1.39 bits per heavy atom. The minimum Gasteiger partial charge on any atom is -0.496 e. The highest BCUT2D eigenvalue weighted by Gasteiger charge is 2.15. The first kappa shape index (κ1) is 14.6. The van der Waals surface area contributed by atoms with Crippen molar-refractivity contribution in [1.82, 2.24) is 5.32 Å². The number of carbonyl (C=O) groups excluding carboxylic acids is 1. The summed E-state index contributed by atoms with van der Waals surface area (Å²) < 4.78 is 5.25. The van der Waals surface area contributed by atoms with Crippen molar-refractivity contribution in [3.8, 4) is 5.75 Å². The van der Waals surface area contributed by atoms with E-state index in [-0.39, 0.29) is 17.9 Å². The van der Waals surface area contributed by atoms with Gasteiger partial charge in [-0.15, -0.1) is 0 Å². The van der Waals surface area contributed by atoms with Crippen molar-refractivity contribution < 1.29 is 9.53 Å². The van der Waals surface area contributed by atoms with Crippen LogP contribution in [0.15, 0.2) is 18.2 Å². The number of benzene rings is 1.